The van der Waals surface area contributed by atoms with Crippen LogP contribution in [0.5, 0.6) is 0 Å². The molecule has 2 fully saturated rings. The van der Waals surface area contributed by atoms with E-state index in [1.807, 2.05) is 42.3 Å². The molecule has 2 aromatic heterocycles. The topological polar surface area (TPSA) is 71.6 Å². The molecule has 0 saturated carbocycles. The summed E-state index contributed by atoms with van der Waals surface area (Å²) in [5, 5.41) is 0. The van der Waals surface area contributed by atoms with Gasteiger partial charge < -0.3 is 14.8 Å². The van der Waals surface area contributed by atoms with Gasteiger partial charge in [-0.1, -0.05) is 18.2 Å². The van der Waals surface area contributed by atoms with E-state index in [1.165, 1.54) is 17.7 Å². The molecule has 2 aromatic carbocycles. The van der Waals surface area contributed by atoms with Gasteiger partial charge in [0.05, 0.1) is 16.6 Å². The van der Waals surface area contributed by atoms with Crippen LogP contribution in [0.4, 0.5) is 19.1 Å². The molecule has 0 spiro atoms. The highest BCUT2D eigenvalue weighted by molar-refractivity contribution is 5.97. The van der Waals surface area contributed by atoms with Crippen molar-refractivity contribution >= 4 is 22.9 Å². The van der Waals surface area contributed by atoms with Crippen molar-refractivity contribution in [3.05, 3.63) is 88.7 Å². The summed E-state index contributed by atoms with van der Waals surface area (Å²) in [4.78, 5) is 34.6. The van der Waals surface area contributed by atoms with Crippen molar-refractivity contribution in [3.8, 4) is 0 Å². The number of hydrogen-bond acceptors (Lipinski definition) is 6. The lowest BCUT2D eigenvalue weighted by Gasteiger charge is -2.34. The molecule has 0 radical (unpaired) electrons. The molecule has 4 aromatic rings. The number of anilines is 1. The van der Waals surface area contributed by atoms with Crippen molar-refractivity contribution in [1.29, 1.82) is 0 Å². The Labute approximate surface area is 242 Å². The normalized spacial score (nSPS) is 17.2. The second kappa shape index (κ2) is 11.7. The van der Waals surface area contributed by atoms with Gasteiger partial charge in [0.25, 0.3) is 5.91 Å². The van der Waals surface area contributed by atoms with Crippen molar-refractivity contribution in [2.75, 3.05) is 57.3 Å². The molecule has 220 valence electrons. The Morgan fingerprint density at radius 2 is 1.48 bits per heavy atom. The van der Waals surface area contributed by atoms with E-state index in [1.54, 1.807) is 0 Å². The zero-order valence-electron chi connectivity index (χ0n) is 23.6. The van der Waals surface area contributed by atoms with Gasteiger partial charge >= 0.3 is 6.18 Å². The van der Waals surface area contributed by atoms with Gasteiger partial charge in [-0.3, -0.25) is 19.6 Å². The zero-order chi connectivity index (χ0) is 29.3. The van der Waals surface area contributed by atoms with Crippen LogP contribution in [-0.4, -0.2) is 87.9 Å². The molecule has 6 rings (SSSR count). The van der Waals surface area contributed by atoms with E-state index in [0.717, 1.165) is 73.1 Å². The van der Waals surface area contributed by atoms with Gasteiger partial charge in [0, 0.05) is 82.9 Å². The highest BCUT2D eigenvalue weighted by atomic mass is 19.4. The Kier molecular flexibility index (Phi) is 7.87. The molecule has 2 aliphatic heterocycles. The quantitative estimate of drug-likeness (QED) is 0.362. The third-order valence-corrected chi connectivity index (χ3v) is 8.12. The Morgan fingerprint density at radius 1 is 0.833 bits per heavy atom. The number of nitrogens with zero attached hydrogens (tertiary/aromatic N) is 6. The number of rotatable bonds is 6. The molecule has 42 heavy (non-hydrogen) atoms. The van der Waals surface area contributed by atoms with Crippen LogP contribution in [0, 0.1) is 6.92 Å². The monoisotopic (exact) mass is 577 g/mol. The molecule has 11 heteroatoms. The number of pyridine rings is 1. The summed E-state index contributed by atoms with van der Waals surface area (Å²) < 4.78 is 38.5. The minimum atomic E-state index is -4.33. The number of aromatic amines is 1. The van der Waals surface area contributed by atoms with Gasteiger partial charge in [-0.2, -0.15) is 13.2 Å². The molecule has 0 bridgehead atoms. The molecule has 8 nitrogen and oxygen atoms in total. The average molecular weight is 578 g/mol. The number of hydrogen-bond donors (Lipinski definition) is 1. The summed E-state index contributed by atoms with van der Waals surface area (Å²) in [6, 6.07) is 15.1. The Hall–Kier alpha value is -3.96. The first-order chi connectivity index (χ1) is 20.2. The van der Waals surface area contributed by atoms with Crippen molar-refractivity contribution in [1.82, 2.24) is 29.7 Å². The van der Waals surface area contributed by atoms with Crippen LogP contribution in [0.3, 0.4) is 0 Å². The van der Waals surface area contributed by atoms with E-state index in [0.29, 0.717) is 38.3 Å². The van der Waals surface area contributed by atoms with Gasteiger partial charge in [-0.25, -0.2) is 4.98 Å². The highest BCUT2D eigenvalue weighted by Crippen LogP contribution is 2.29. The predicted octanol–water partition coefficient (Wildman–Crippen LogP) is 4.57. The summed E-state index contributed by atoms with van der Waals surface area (Å²) in [5.74, 6) is 0.790. The SMILES string of the molecule is Cc1ccc(CN2CCN(c3nc4cc(C(=O)N5CCN(Cc6ccc(C(F)(F)F)cc6)CC5)ccc4[nH]3)CC2)cn1. The van der Waals surface area contributed by atoms with Gasteiger partial charge in [0.15, 0.2) is 0 Å². The number of imidazole rings is 1. The lowest BCUT2D eigenvalue weighted by atomic mass is 10.1. The second-order valence-electron chi connectivity index (χ2n) is 11.1. The maximum atomic E-state index is 13.3. The number of piperazine rings is 2. The number of aromatic nitrogens is 3. The number of carbonyl (C=O) groups is 1. The Balaban J connectivity index is 1.02. The van der Waals surface area contributed by atoms with E-state index in [-0.39, 0.29) is 5.91 Å². The van der Waals surface area contributed by atoms with Crippen molar-refractivity contribution in [2.24, 2.45) is 0 Å². The molecule has 2 aliphatic rings. The number of H-pyrrole nitrogens is 1. The first-order valence-electron chi connectivity index (χ1n) is 14.3. The zero-order valence-corrected chi connectivity index (χ0v) is 23.6. The molecular weight excluding hydrogens is 543 g/mol. The fraction of sp³-hybridized carbons (Fsp3) is 0.387. The number of nitrogens with one attached hydrogen (secondary N) is 1. The molecular formula is C31H34F3N7O. The van der Waals surface area contributed by atoms with Crippen LogP contribution in [0.2, 0.25) is 0 Å². The third kappa shape index (κ3) is 6.42. The maximum absolute atomic E-state index is 13.3. The highest BCUT2D eigenvalue weighted by Gasteiger charge is 2.30. The van der Waals surface area contributed by atoms with E-state index in [2.05, 4.69) is 30.7 Å². The second-order valence-corrected chi connectivity index (χ2v) is 11.1. The van der Waals surface area contributed by atoms with Gasteiger partial charge in [-0.05, 0) is 54.4 Å². The smallest absolute Gasteiger partial charge is 0.340 e. The molecule has 0 unspecified atom stereocenters. The number of halogens is 3. The van der Waals surface area contributed by atoms with Crippen LogP contribution in [-0.2, 0) is 19.3 Å². The summed E-state index contributed by atoms with van der Waals surface area (Å²) in [6.07, 6.45) is -2.38. The predicted molar refractivity (Wildman–Crippen MR) is 155 cm³/mol. The van der Waals surface area contributed by atoms with Crippen molar-refractivity contribution < 1.29 is 18.0 Å². The largest absolute Gasteiger partial charge is 0.416 e. The first-order valence-corrected chi connectivity index (χ1v) is 14.3. The van der Waals surface area contributed by atoms with E-state index < -0.39 is 11.7 Å². The number of aryl methyl sites for hydroxylation is 1. The molecule has 0 atom stereocenters. The van der Waals surface area contributed by atoms with Crippen molar-refractivity contribution in [2.45, 2.75) is 26.2 Å². The van der Waals surface area contributed by atoms with Crippen LogP contribution in [0.1, 0.15) is 32.7 Å². The Morgan fingerprint density at radius 3 is 2.12 bits per heavy atom. The van der Waals surface area contributed by atoms with Crippen LogP contribution in [0.25, 0.3) is 11.0 Å². The number of fused-ring (bicyclic) bond motifs is 1. The number of benzene rings is 2. The fourth-order valence-electron chi connectivity index (χ4n) is 5.59. The summed E-state index contributed by atoms with van der Waals surface area (Å²) >= 11 is 0. The minimum absolute atomic E-state index is 0.0326. The van der Waals surface area contributed by atoms with Gasteiger partial charge in [0.1, 0.15) is 0 Å². The average Bonchev–Trinajstić information content (AvgIpc) is 3.42. The number of amides is 1. The lowest BCUT2D eigenvalue weighted by Crippen LogP contribution is -2.48. The van der Waals surface area contributed by atoms with Gasteiger partial charge in [0.2, 0.25) is 5.95 Å². The molecule has 0 aliphatic carbocycles. The third-order valence-electron chi connectivity index (χ3n) is 8.12. The molecule has 1 N–H and O–H groups in total. The maximum Gasteiger partial charge on any atom is 0.416 e. The van der Waals surface area contributed by atoms with E-state index in [4.69, 9.17) is 4.98 Å². The fourth-order valence-corrected chi connectivity index (χ4v) is 5.59. The van der Waals surface area contributed by atoms with E-state index in [9.17, 15) is 18.0 Å². The molecule has 2 saturated heterocycles. The van der Waals surface area contributed by atoms with Crippen LogP contribution < -0.4 is 4.90 Å². The Bertz CT molecular complexity index is 1520. The van der Waals surface area contributed by atoms with Gasteiger partial charge in [-0.15, -0.1) is 0 Å². The molecule has 4 heterocycles. The number of alkyl halides is 3. The summed E-state index contributed by atoms with van der Waals surface area (Å²) in [7, 11) is 0. The summed E-state index contributed by atoms with van der Waals surface area (Å²) in [6.45, 7) is 9.46. The van der Waals surface area contributed by atoms with Crippen LogP contribution in [0.15, 0.2) is 60.8 Å². The van der Waals surface area contributed by atoms with E-state index >= 15 is 0 Å². The first kappa shape index (κ1) is 28.2. The van der Waals surface area contributed by atoms with Crippen molar-refractivity contribution in [3.63, 3.8) is 0 Å². The summed E-state index contributed by atoms with van der Waals surface area (Å²) in [5.41, 5.74) is 4.70. The minimum Gasteiger partial charge on any atom is -0.340 e. The number of carbonyl (C=O) groups excluding carboxylic acids is 1. The standard InChI is InChI=1S/C31H34F3N7O/c1-22-2-3-24(19-35-22)21-39-12-16-41(17-13-39)30-36-27-9-6-25(18-28(27)37-30)29(42)40-14-10-38(11-15-40)20-23-4-7-26(8-5-23)31(32,33)34/h2-9,18-19H,10-17,20-21H2,1H3,(H,36,37). The van der Waals surface area contributed by atoms with Crippen LogP contribution >= 0.6 is 0 Å². The molecule has 1 amide bonds. The lowest BCUT2D eigenvalue weighted by molar-refractivity contribution is -0.137.